The number of halogens is 1. The van der Waals surface area contributed by atoms with E-state index in [2.05, 4.69) is 53.2 Å². The standard InChI is InChI=1S/C22H26BrNO2/c1-3-17(18-8-11-20(23)12-9-18)6-4-14-24(2)26-21-13-10-19-7-5-15-25-22(19)16-21/h5,7-13,16-17H,3-4,6,14-15H2,1-2H3. The van der Waals surface area contributed by atoms with Crippen LogP contribution in [0.3, 0.4) is 0 Å². The summed E-state index contributed by atoms with van der Waals surface area (Å²) in [5.74, 6) is 2.31. The predicted molar refractivity (Wildman–Crippen MR) is 111 cm³/mol. The SMILES string of the molecule is CCC(CCCN(C)Oc1ccc2c(c1)OCC=C2)c1ccc(Br)cc1. The van der Waals surface area contributed by atoms with Crippen molar-refractivity contribution in [1.29, 1.82) is 0 Å². The van der Waals surface area contributed by atoms with Gasteiger partial charge < -0.3 is 9.57 Å². The Kier molecular flexibility index (Phi) is 6.75. The van der Waals surface area contributed by atoms with Gasteiger partial charge in [-0.25, -0.2) is 0 Å². The third kappa shape index (κ3) is 5.12. The number of ether oxygens (including phenoxy) is 1. The van der Waals surface area contributed by atoms with E-state index in [4.69, 9.17) is 9.57 Å². The summed E-state index contributed by atoms with van der Waals surface area (Å²) >= 11 is 3.51. The van der Waals surface area contributed by atoms with Crippen LogP contribution in [0.15, 0.2) is 53.0 Å². The van der Waals surface area contributed by atoms with E-state index in [1.165, 1.54) is 5.56 Å². The molecule has 3 rings (SSSR count). The molecule has 0 N–H and O–H groups in total. The quantitative estimate of drug-likeness (QED) is 0.489. The number of nitrogens with zero attached hydrogens (tertiary/aromatic N) is 1. The zero-order valence-electron chi connectivity index (χ0n) is 15.5. The van der Waals surface area contributed by atoms with Crippen LogP contribution in [0, 0.1) is 0 Å². The third-order valence-corrected chi connectivity index (χ3v) is 5.27. The van der Waals surface area contributed by atoms with Gasteiger partial charge in [-0.15, -0.1) is 5.06 Å². The lowest BCUT2D eigenvalue weighted by Crippen LogP contribution is -2.24. The first-order chi connectivity index (χ1) is 12.7. The second kappa shape index (κ2) is 9.24. The maximum Gasteiger partial charge on any atom is 0.151 e. The minimum Gasteiger partial charge on any atom is -0.489 e. The average Bonchev–Trinajstić information content (AvgIpc) is 2.66. The van der Waals surface area contributed by atoms with Crippen LogP contribution in [0.1, 0.15) is 43.2 Å². The first-order valence-electron chi connectivity index (χ1n) is 9.23. The lowest BCUT2D eigenvalue weighted by molar-refractivity contribution is -0.0332. The predicted octanol–water partition coefficient (Wildman–Crippen LogP) is 6.05. The Bertz CT molecular complexity index is 742. The molecule has 3 nitrogen and oxygen atoms in total. The molecule has 2 aromatic carbocycles. The first kappa shape index (κ1) is 19.0. The Morgan fingerprint density at radius 2 is 2.00 bits per heavy atom. The Morgan fingerprint density at radius 3 is 2.77 bits per heavy atom. The second-order valence-electron chi connectivity index (χ2n) is 6.65. The van der Waals surface area contributed by atoms with Crippen molar-refractivity contribution < 1.29 is 9.57 Å². The minimum absolute atomic E-state index is 0.598. The molecule has 1 atom stereocenters. The smallest absolute Gasteiger partial charge is 0.151 e. The van der Waals surface area contributed by atoms with Crippen molar-refractivity contribution in [1.82, 2.24) is 5.06 Å². The monoisotopic (exact) mass is 415 g/mol. The molecule has 0 saturated heterocycles. The number of fused-ring (bicyclic) bond motifs is 1. The van der Waals surface area contributed by atoms with Crippen LogP contribution in [-0.4, -0.2) is 25.3 Å². The van der Waals surface area contributed by atoms with Crippen LogP contribution in [0.5, 0.6) is 11.5 Å². The summed E-state index contributed by atoms with van der Waals surface area (Å²) in [6.07, 6.45) is 7.50. The summed E-state index contributed by atoms with van der Waals surface area (Å²) in [5.41, 5.74) is 2.52. The van der Waals surface area contributed by atoms with Crippen LogP contribution in [-0.2, 0) is 0 Å². The van der Waals surface area contributed by atoms with E-state index < -0.39 is 0 Å². The summed E-state index contributed by atoms with van der Waals surface area (Å²) in [6.45, 7) is 3.78. The van der Waals surface area contributed by atoms with Gasteiger partial charge in [-0.3, -0.25) is 0 Å². The molecule has 4 heteroatoms. The van der Waals surface area contributed by atoms with Gasteiger partial charge in [-0.2, -0.15) is 0 Å². The van der Waals surface area contributed by atoms with E-state index in [0.29, 0.717) is 12.5 Å². The normalized spacial score (nSPS) is 14.0. The Balaban J connectivity index is 1.48. The molecular formula is C22H26BrNO2. The topological polar surface area (TPSA) is 21.7 Å². The number of benzene rings is 2. The minimum atomic E-state index is 0.598. The molecule has 138 valence electrons. The molecular weight excluding hydrogens is 390 g/mol. The highest BCUT2D eigenvalue weighted by Gasteiger charge is 2.11. The molecule has 1 unspecified atom stereocenters. The van der Waals surface area contributed by atoms with Crippen molar-refractivity contribution in [3.05, 3.63) is 64.1 Å². The van der Waals surface area contributed by atoms with Crippen molar-refractivity contribution in [3.63, 3.8) is 0 Å². The van der Waals surface area contributed by atoms with E-state index in [-0.39, 0.29) is 0 Å². The van der Waals surface area contributed by atoms with Gasteiger partial charge in [0, 0.05) is 29.7 Å². The van der Waals surface area contributed by atoms with Gasteiger partial charge in [0.05, 0.1) is 0 Å². The van der Waals surface area contributed by atoms with Crippen LogP contribution in [0.2, 0.25) is 0 Å². The zero-order valence-corrected chi connectivity index (χ0v) is 17.0. The fourth-order valence-electron chi connectivity index (χ4n) is 3.27. The maximum absolute atomic E-state index is 5.94. The molecule has 0 amide bonds. The number of hydroxylamine groups is 2. The Labute approximate surface area is 164 Å². The summed E-state index contributed by atoms with van der Waals surface area (Å²) in [5, 5.41) is 1.91. The highest BCUT2D eigenvalue weighted by molar-refractivity contribution is 9.10. The fourth-order valence-corrected chi connectivity index (χ4v) is 3.54. The fraction of sp³-hybridized carbons (Fsp3) is 0.364. The van der Waals surface area contributed by atoms with Crippen LogP contribution >= 0.6 is 15.9 Å². The van der Waals surface area contributed by atoms with Gasteiger partial charge in [-0.05, 0) is 61.1 Å². The first-order valence-corrected chi connectivity index (χ1v) is 10.0. The molecule has 2 aromatic rings. The summed E-state index contributed by atoms with van der Waals surface area (Å²) in [7, 11) is 1.99. The van der Waals surface area contributed by atoms with E-state index in [9.17, 15) is 0 Å². The number of hydrogen-bond acceptors (Lipinski definition) is 3. The molecule has 0 spiro atoms. The molecule has 0 radical (unpaired) electrons. The molecule has 0 bridgehead atoms. The van der Waals surface area contributed by atoms with Crippen molar-refractivity contribution in [2.24, 2.45) is 0 Å². The molecule has 1 aliphatic heterocycles. The van der Waals surface area contributed by atoms with E-state index in [1.54, 1.807) is 0 Å². The third-order valence-electron chi connectivity index (χ3n) is 4.74. The maximum atomic E-state index is 5.94. The van der Waals surface area contributed by atoms with E-state index in [1.807, 2.05) is 36.4 Å². The van der Waals surface area contributed by atoms with Crippen molar-refractivity contribution >= 4 is 22.0 Å². The highest BCUT2D eigenvalue weighted by atomic mass is 79.9. The lowest BCUT2D eigenvalue weighted by Gasteiger charge is -2.21. The molecule has 26 heavy (non-hydrogen) atoms. The van der Waals surface area contributed by atoms with Gasteiger partial charge in [-0.1, -0.05) is 41.1 Å². The molecule has 0 saturated carbocycles. The zero-order chi connectivity index (χ0) is 18.4. The Hall–Kier alpha value is -1.78. The van der Waals surface area contributed by atoms with E-state index >= 15 is 0 Å². The number of hydrogen-bond donors (Lipinski definition) is 0. The van der Waals surface area contributed by atoms with Gasteiger partial charge in [0.25, 0.3) is 0 Å². The summed E-state index contributed by atoms with van der Waals surface area (Å²) < 4.78 is 6.77. The van der Waals surface area contributed by atoms with Crippen molar-refractivity contribution in [2.45, 2.75) is 32.1 Å². The highest BCUT2D eigenvalue weighted by Crippen LogP contribution is 2.29. The molecule has 0 fully saturated rings. The molecule has 1 heterocycles. The lowest BCUT2D eigenvalue weighted by atomic mass is 9.92. The molecule has 0 aliphatic carbocycles. The van der Waals surface area contributed by atoms with Gasteiger partial charge >= 0.3 is 0 Å². The summed E-state index contributed by atoms with van der Waals surface area (Å²) in [6, 6.07) is 14.7. The van der Waals surface area contributed by atoms with Gasteiger partial charge in [0.2, 0.25) is 0 Å². The molecule has 0 aromatic heterocycles. The second-order valence-corrected chi connectivity index (χ2v) is 7.57. The van der Waals surface area contributed by atoms with Crippen LogP contribution in [0.4, 0.5) is 0 Å². The van der Waals surface area contributed by atoms with Crippen molar-refractivity contribution in [3.8, 4) is 11.5 Å². The van der Waals surface area contributed by atoms with E-state index in [0.717, 1.165) is 47.3 Å². The van der Waals surface area contributed by atoms with Gasteiger partial charge in [0.15, 0.2) is 5.75 Å². The van der Waals surface area contributed by atoms with Crippen LogP contribution in [0.25, 0.3) is 6.08 Å². The number of rotatable bonds is 8. The largest absolute Gasteiger partial charge is 0.489 e. The Morgan fingerprint density at radius 1 is 1.19 bits per heavy atom. The van der Waals surface area contributed by atoms with Gasteiger partial charge in [0.1, 0.15) is 12.4 Å². The van der Waals surface area contributed by atoms with Crippen LogP contribution < -0.4 is 9.57 Å². The van der Waals surface area contributed by atoms with Crippen molar-refractivity contribution in [2.75, 3.05) is 20.2 Å². The molecule has 1 aliphatic rings. The average molecular weight is 416 g/mol. The summed E-state index contributed by atoms with van der Waals surface area (Å²) in [4.78, 5) is 5.94.